The first kappa shape index (κ1) is 21.2. The zero-order valence-corrected chi connectivity index (χ0v) is 19.0. The molecule has 158 valence electrons. The fraction of sp³-hybridized carbons (Fsp3) is 0.318. The molecule has 1 aliphatic rings. The third-order valence-electron chi connectivity index (χ3n) is 5.36. The Hall–Kier alpha value is -2.09. The monoisotopic (exact) mass is 462 g/mol. The summed E-state index contributed by atoms with van der Waals surface area (Å²) < 4.78 is 31.1. The van der Waals surface area contributed by atoms with Crippen molar-refractivity contribution in [3.8, 4) is 5.75 Å². The van der Waals surface area contributed by atoms with E-state index in [1.807, 2.05) is 24.3 Å². The number of benzene rings is 2. The van der Waals surface area contributed by atoms with Gasteiger partial charge in [0.2, 0.25) is 0 Å². The number of anilines is 1. The molecule has 4 rings (SSSR count). The van der Waals surface area contributed by atoms with Crippen molar-refractivity contribution in [3.63, 3.8) is 0 Å². The number of hydrogen-bond acceptors (Lipinski definition) is 6. The second-order valence-electron chi connectivity index (χ2n) is 7.34. The summed E-state index contributed by atoms with van der Waals surface area (Å²) in [5, 5.41) is 3.10. The van der Waals surface area contributed by atoms with Gasteiger partial charge >= 0.3 is 0 Å². The Morgan fingerprint density at radius 1 is 1.17 bits per heavy atom. The summed E-state index contributed by atoms with van der Waals surface area (Å²) in [5.41, 5.74) is 2.20. The molecule has 1 aliphatic heterocycles. The number of hydrogen-bond donors (Lipinski definition) is 0. The standard InChI is InChI=1S/C22H23ClN2O3S2/c1-28-19-7-5-16(6-8-19)13-18-15-29-22(24-18)25-11-9-20(10-12-25)30(26,27)21-4-2-3-17(23)14-21/h2-8,14-15,20H,9-13H2,1H3. The highest BCUT2D eigenvalue weighted by atomic mass is 35.5. The van der Waals surface area contributed by atoms with Crippen molar-refractivity contribution in [2.45, 2.75) is 29.4 Å². The number of rotatable bonds is 6. The predicted molar refractivity (Wildman–Crippen MR) is 122 cm³/mol. The Morgan fingerprint density at radius 2 is 1.90 bits per heavy atom. The molecule has 30 heavy (non-hydrogen) atoms. The number of ether oxygens (including phenoxy) is 1. The molecule has 1 saturated heterocycles. The van der Waals surface area contributed by atoms with Crippen LogP contribution in [-0.2, 0) is 16.3 Å². The average Bonchev–Trinajstić information content (AvgIpc) is 3.23. The van der Waals surface area contributed by atoms with Gasteiger partial charge in [-0.2, -0.15) is 0 Å². The first-order chi connectivity index (χ1) is 14.5. The molecule has 1 aromatic heterocycles. The topological polar surface area (TPSA) is 59.5 Å². The Kier molecular flexibility index (Phi) is 6.32. The van der Waals surface area contributed by atoms with Crippen LogP contribution in [0.5, 0.6) is 5.75 Å². The molecule has 0 amide bonds. The van der Waals surface area contributed by atoms with E-state index in [9.17, 15) is 8.42 Å². The van der Waals surface area contributed by atoms with Crippen LogP contribution in [0.3, 0.4) is 0 Å². The number of methoxy groups -OCH3 is 1. The van der Waals surface area contributed by atoms with Gasteiger partial charge < -0.3 is 9.64 Å². The zero-order chi connectivity index (χ0) is 21.1. The van der Waals surface area contributed by atoms with Crippen LogP contribution >= 0.6 is 22.9 Å². The minimum absolute atomic E-state index is 0.310. The van der Waals surface area contributed by atoms with Crippen molar-refractivity contribution in [1.82, 2.24) is 4.98 Å². The number of halogens is 1. The first-order valence-corrected chi connectivity index (χ1v) is 12.6. The molecule has 0 spiro atoms. The van der Waals surface area contributed by atoms with Gasteiger partial charge in [0.25, 0.3) is 0 Å². The smallest absolute Gasteiger partial charge is 0.185 e. The third kappa shape index (κ3) is 4.63. The molecule has 5 nitrogen and oxygen atoms in total. The van der Waals surface area contributed by atoms with Gasteiger partial charge in [-0.25, -0.2) is 13.4 Å². The fourth-order valence-electron chi connectivity index (χ4n) is 3.67. The van der Waals surface area contributed by atoms with Crippen molar-refractivity contribution in [1.29, 1.82) is 0 Å². The quantitative estimate of drug-likeness (QED) is 0.524. The molecule has 0 bridgehead atoms. The van der Waals surface area contributed by atoms with Crippen molar-refractivity contribution in [3.05, 3.63) is 70.2 Å². The van der Waals surface area contributed by atoms with Gasteiger partial charge in [0.1, 0.15) is 5.75 Å². The number of nitrogens with zero attached hydrogens (tertiary/aromatic N) is 2. The SMILES string of the molecule is COc1ccc(Cc2csc(N3CCC(S(=O)(=O)c4cccc(Cl)c4)CC3)n2)cc1. The summed E-state index contributed by atoms with van der Waals surface area (Å²) in [7, 11) is -1.71. The van der Waals surface area contributed by atoms with E-state index in [1.54, 1.807) is 36.6 Å². The summed E-state index contributed by atoms with van der Waals surface area (Å²) in [6.45, 7) is 1.36. The lowest BCUT2D eigenvalue weighted by Crippen LogP contribution is -2.39. The normalized spacial score (nSPS) is 15.3. The fourth-order valence-corrected chi connectivity index (χ4v) is 6.58. The molecule has 0 aliphatic carbocycles. The highest BCUT2D eigenvalue weighted by Crippen LogP contribution is 2.30. The van der Waals surface area contributed by atoms with Gasteiger partial charge in [-0.1, -0.05) is 29.8 Å². The Morgan fingerprint density at radius 3 is 2.57 bits per heavy atom. The van der Waals surface area contributed by atoms with Crippen LogP contribution in [0.1, 0.15) is 24.1 Å². The number of sulfone groups is 1. The molecular formula is C22H23ClN2O3S2. The lowest BCUT2D eigenvalue weighted by Gasteiger charge is -2.31. The molecule has 1 fully saturated rings. The van der Waals surface area contributed by atoms with Gasteiger partial charge in [0, 0.05) is 29.9 Å². The van der Waals surface area contributed by atoms with Gasteiger partial charge in [-0.3, -0.25) is 0 Å². The summed E-state index contributed by atoms with van der Waals surface area (Å²) in [5.74, 6) is 0.841. The summed E-state index contributed by atoms with van der Waals surface area (Å²) in [6, 6.07) is 14.5. The number of aromatic nitrogens is 1. The second-order valence-corrected chi connectivity index (χ2v) is 10.8. The van der Waals surface area contributed by atoms with Crippen molar-refractivity contribution < 1.29 is 13.2 Å². The van der Waals surface area contributed by atoms with E-state index in [0.29, 0.717) is 35.8 Å². The maximum Gasteiger partial charge on any atom is 0.185 e. The minimum atomic E-state index is -3.37. The van der Waals surface area contributed by atoms with Crippen LogP contribution in [0.2, 0.25) is 5.02 Å². The van der Waals surface area contributed by atoms with Gasteiger partial charge in [0.15, 0.2) is 15.0 Å². The van der Waals surface area contributed by atoms with E-state index in [0.717, 1.165) is 23.0 Å². The van der Waals surface area contributed by atoms with Crippen molar-refractivity contribution in [2.75, 3.05) is 25.1 Å². The van der Waals surface area contributed by atoms with E-state index in [4.69, 9.17) is 21.3 Å². The van der Waals surface area contributed by atoms with Crippen LogP contribution < -0.4 is 9.64 Å². The summed E-state index contributed by atoms with van der Waals surface area (Å²) >= 11 is 7.60. The van der Waals surface area contributed by atoms with E-state index in [1.165, 1.54) is 11.6 Å². The molecule has 2 aromatic carbocycles. The predicted octanol–water partition coefficient (Wildman–Crippen LogP) is 4.84. The molecular weight excluding hydrogens is 440 g/mol. The lowest BCUT2D eigenvalue weighted by atomic mass is 10.1. The van der Waals surface area contributed by atoms with Crippen LogP contribution in [0, 0.1) is 0 Å². The van der Waals surface area contributed by atoms with E-state index in [-0.39, 0.29) is 5.25 Å². The minimum Gasteiger partial charge on any atom is -0.497 e. The molecule has 3 aromatic rings. The lowest BCUT2D eigenvalue weighted by molar-refractivity contribution is 0.414. The highest BCUT2D eigenvalue weighted by Gasteiger charge is 2.32. The maximum atomic E-state index is 12.9. The molecule has 0 saturated carbocycles. The Labute approximate surface area is 186 Å². The summed E-state index contributed by atoms with van der Waals surface area (Å²) in [6.07, 6.45) is 1.94. The average molecular weight is 463 g/mol. The van der Waals surface area contributed by atoms with Crippen LogP contribution in [0.4, 0.5) is 5.13 Å². The Balaban J connectivity index is 1.38. The molecule has 2 heterocycles. The van der Waals surface area contributed by atoms with Crippen LogP contribution in [-0.4, -0.2) is 38.9 Å². The molecule has 0 unspecified atom stereocenters. The van der Waals surface area contributed by atoms with Crippen LogP contribution in [0.25, 0.3) is 0 Å². The maximum absolute atomic E-state index is 12.9. The van der Waals surface area contributed by atoms with Crippen molar-refractivity contribution >= 4 is 37.9 Å². The molecule has 0 atom stereocenters. The molecule has 0 radical (unpaired) electrons. The summed E-state index contributed by atoms with van der Waals surface area (Å²) in [4.78, 5) is 7.27. The highest BCUT2D eigenvalue weighted by molar-refractivity contribution is 7.92. The van der Waals surface area contributed by atoms with Crippen LogP contribution in [0.15, 0.2) is 58.8 Å². The molecule has 0 N–H and O–H groups in total. The van der Waals surface area contributed by atoms with Crippen molar-refractivity contribution in [2.24, 2.45) is 0 Å². The zero-order valence-electron chi connectivity index (χ0n) is 16.6. The van der Waals surface area contributed by atoms with Gasteiger partial charge in [0.05, 0.1) is 22.9 Å². The largest absolute Gasteiger partial charge is 0.497 e. The van der Waals surface area contributed by atoms with E-state index >= 15 is 0 Å². The number of piperidine rings is 1. The second kappa shape index (κ2) is 8.96. The van der Waals surface area contributed by atoms with Gasteiger partial charge in [-0.15, -0.1) is 11.3 Å². The number of thiazole rings is 1. The van der Waals surface area contributed by atoms with E-state index in [2.05, 4.69) is 10.3 Å². The van der Waals surface area contributed by atoms with E-state index < -0.39 is 9.84 Å². The molecule has 8 heteroatoms. The van der Waals surface area contributed by atoms with Gasteiger partial charge in [-0.05, 0) is 48.7 Å². The Bertz CT molecular complexity index is 1110. The third-order valence-corrected chi connectivity index (χ3v) is 8.81. The first-order valence-electron chi connectivity index (χ1n) is 9.77.